The van der Waals surface area contributed by atoms with E-state index in [9.17, 15) is 9.59 Å². The average molecular weight is 259 g/mol. The second kappa shape index (κ2) is 4.76. The van der Waals surface area contributed by atoms with E-state index in [4.69, 9.17) is 14.6 Å². The molecule has 1 aliphatic rings. The van der Waals surface area contributed by atoms with Crippen LogP contribution in [0.1, 0.15) is 41.0 Å². The number of carboxylic acids is 1. The van der Waals surface area contributed by atoms with Crippen molar-refractivity contribution in [1.29, 1.82) is 0 Å². The first-order valence-electron chi connectivity index (χ1n) is 5.91. The molecule has 1 fully saturated rings. The molecule has 1 amide bonds. The van der Waals surface area contributed by atoms with Crippen LogP contribution >= 0.6 is 0 Å². The molecule has 0 aliphatic carbocycles. The van der Waals surface area contributed by atoms with Crippen molar-refractivity contribution in [3.05, 3.63) is 0 Å². The number of carbonyl (C=O) groups excluding carboxylic acids is 1. The zero-order valence-electron chi connectivity index (χ0n) is 11.5. The average Bonchev–Trinajstić information content (AvgIpc) is 2.36. The van der Waals surface area contributed by atoms with E-state index in [0.29, 0.717) is 0 Å². The van der Waals surface area contributed by atoms with Crippen LogP contribution in [-0.2, 0) is 14.3 Å². The Morgan fingerprint density at radius 2 is 2.00 bits per heavy atom. The van der Waals surface area contributed by atoms with Gasteiger partial charge in [-0.05, 0) is 34.6 Å². The Kier molecular flexibility index (Phi) is 3.90. The fourth-order valence-electron chi connectivity index (χ4n) is 1.92. The summed E-state index contributed by atoms with van der Waals surface area (Å²) >= 11 is 0. The lowest BCUT2D eigenvalue weighted by Gasteiger charge is -2.34. The largest absolute Gasteiger partial charge is 0.481 e. The molecule has 1 N–H and O–H groups in total. The van der Waals surface area contributed by atoms with Gasteiger partial charge in [-0.2, -0.15) is 0 Å². The van der Waals surface area contributed by atoms with Gasteiger partial charge in [-0.3, -0.25) is 9.69 Å². The topological polar surface area (TPSA) is 76.1 Å². The second-order valence-electron chi connectivity index (χ2n) is 5.86. The van der Waals surface area contributed by atoms with Gasteiger partial charge in [0.25, 0.3) is 0 Å². The van der Waals surface area contributed by atoms with Crippen molar-refractivity contribution in [3.63, 3.8) is 0 Å². The number of rotatable bonds is 2. The normalized spacial score (nSPS) is 22.9. The third-order valence-corrected chi connectivity index (χ3v) is 2.57. The molecule has 104 valence electrons. The Morgan fingerprint density at radius 1 is 1.44 bits per heavy atom. The van der Waals surface area contributed by atoms with Crippen LogP contribution in [0.25, 0.3) is 0 Å². The minimum atomic E-state index is -0.963. The summed E-state index contributed by atoms with van der Waals surface area (Å²) in [6, 6.07) is -0.493. The predicted octanol–water partition coefficient (Wildman–Crippen LogP) is 1.83. The molecule has 6 nitrogen and oxygen atoms in total. The van der Waals surface area contributed by atoms with Gasteiger partial charge in [0, 0.05) is 0 Å². The van der Waals surface area contributed by atoms with E-state index in [0.717, 1.165) is 0 Å². The van der Waals surface area contributed by atoms with Crippen LogP contribution < -0.4 is 0 Å². The van der Waals surface area contributed by atoms with Gasteiger partial charge in [-0.1, -0.05) is 0 Å². The highest BCUT2D eigenvalue weighted by Crippen LogP contribution is 2.30. The number of amides is 1. The summed E-state index contributed by atoms with van der Waals surface area (Å²) in [5.74, 6) is -0.963. The van der Waals surface area contributed by atoms with Crippen LogP contribution in [0.2, 0.25) is 0 Å². The number of ether oxygens (including phenoxy) is 2. The molecule has 1 aliphatic heterocycles. The van der Waals surface area contributed by atoms with Crippen LogP contribution in [0.4, 0.5) is 4.79 Å². The lowest BCUT2D eigenvalue weighted by Crippen LogP contribution is -2.50. The van der Waals surface area contributed by atoms with Gasteiger partial charge in [0.1, 0.15) is 11.3 Å². The van der Waals surface area contributed by atoms with E-state index in [1.165, 1.54) is 4.90 Å². The first-order chi connectivity index (χ1) is 8.03. The van der Waals surface area contributed by atoms with Crippen LogP contribution in [0.3, 0.4) is 0 Å². The monoisotopic (exact) mass is 259 g/mol. The Morgan fingerprint density at radius 3 is 2.44 bits per heavy atom. The minimum absolute atomic E-state index is 0.150. The van der Waals surface area contributed by atoms with E-state index in [1.807, 2.05) is 0 Å². The van der Waals surface area contributed by atoms with E-state index in [2.05, 4.69) is 0 Å². The molecular weight excluding hydrogens is 238 g/mol. The summed E-state index contributed by atoms with van der Waals surface area (Å²) in [5, 5.41) is 8.84. The zero-order chi connectivity index (χ0) is 14.1. The van der Waals surface area contributed by atoms with Gasteiger partial charge in [0.15, 0.2) is 0 Å². The van der Waals surface area contributed by atoms with Crippen molar-refractivity contribution < 1.29 is 24.2 Å². The highest BCUT2D eigenvalue weighted by molar-refractivity contribution is 5.72. The van der Waals surface area contributed by atoms with Crippen molar-refractivity contribution in [2.75, 3.05) is 6.61 Å². The number of aliphatic carboxylic acids is 1. The maximum atomic E-state index is 12.1. The van der Waals surface area contributed by atoms with Crippen molar-refractivity contribution in [1.82, 2.24) is 4.90 Å². The molecule has 0 aromatic heterocycles. The molecule has 1 rings (SSSR count). The molecule has 1 saturated heterocycles. The molecule has 0 aromatic rings. The molecule has 0 bridgehead atoms. The molecule has 0 spiro atoms. The quantitative estimate of drug-likeness (QED) is 0.818. The van der Waals surface area contributed by atoms with Crippen LogP contribution in [0.15, 0.2) is 0 Å². The second-order valence-corrected chi connectivity index (χ2v) is 5.86. The first-order valence-corrected chi connectivity index (χ1v) is 5.91. The molecule has 0 saturated carbocycles. The fourth-order valence-corrected chi connectivity index (χ4v) is 1.92. The number of carboxylic acid groups (broad SMARTS) is 1. The Balaban J connectivity index is 2.85. The predicted molar refractivity (Wildman–Crippen MR) is 64.1 cm³/mol. The summed E-state index contributed by atoms with van der Waals surface area (Å²) in [5.41, 5.74) is -1.47. The third kappa shape index (κ3) is 3.60. The maximum Gasteiger partial charge on any atom is 0.412 e. The van der Waals surface area contributed by atoms with E-state index in [-0.39, 0.29) is 13.0 Å². The molecule has 6 heteroatoms. The van der Waals surface area contributed by atoms with Crippen molar-refractivity contribution in [3.8, 4) is 0 Å². The Bertz CT molecular complexity index is 345. The Labute approximate surface area is 107 Å². The van der Waals surface area contributed by atoms with Crippen LogP contribution in [0, 0.1) is 0 Å². The highest BCUT2D eigenvalue weighted by Gasteiger charge is 2.46. The summed E-state index contributed by atoms with van der Waals surface area (Å²) < 4.78 is 10.7. The smallest absolute Gasteiger partial charge is 0.412 e. The van der Waals surface area contributed by atoms with E-state index in [1.54, 1.807) is 34.6 Å². The summed E-state index contributed by atoms with van der Waals surface area (Å²) in [7, 11) is 0. The summed E-state index contributed by atoms with van der Waals surface area (Å²) in [6.45, 7) is 8.94. The molecule has 18 heavy (non-hydrogen) atoms. The van der Waals surface area contributed by atoms with Gasteiger partial charge < -0.3 is 14.6 Å². The summed E-state index contributed by atoms with van der Waals surface area (Å²) in [6.07, 6.45) is -0.695. The molecule has 1 atom stereocenters. The number of nitrogens with zero attached hydrogens (tertiary/aromatic N) is 1. The maximum absolute atomic E-state index is 12.1. The third-order valence-electron chi connectivity index (χ3n) is 2.57. The number of carbonyl (C=O) groups is 2. The zero-order valence-corrected chi connectivity index (χ0v) is 11.5. The lowest BCUT2D eigenvalue weighted by atomic mass is 10.1. The van der Waals surface area contributed by atoms with Gasteiger partial charge in [0.2, 0.25) is 0 Å². The molecule has 0 radical (unpaired) electrons. The van der Waals surface area contributed by atoms with Crippen LogP contribution in [-0.4, -0.2) is 46.0 Å². The van der Waals surface area contributed by atoms with Gasteiger partial charge in [-0.25, -0.2) is 4.79 Å². The molecule has 0 aromatic carbocycles. The van der Waals surface area contributed by atoms with Gasteiger partial charge in [0.05, 0.1) is 19.1 Å². The minimum Gasteiger partial charge on any atom is -0.481 e. The fraction of sp³-hybridized carbons (Fsp3) is 0.833. The van der Waals surface area contributed by atoms with Gasteiger partial charge in [-0.15, -0.1) is 0 Å². The Hall–Kier alpha value is -1.30. The van der Waals surface area contributed by atoms with Crippen molar-refractivity contribution in [2.24, 2.45) is 0 Å². The molecule has 1 unspecified atom stereocenters. The number of hydrogen-bond acceptors (Lipinski definition) is 4. The molecule has 1 heterocycles. The summed E-state index contributed by atoms with van der Waals surface area (Å²) in [4.78, 5) is 24.3. The highest BCUT2D eigenvalue weighted by atomic mass is 16.6. The van der Waals surface area contributed by atoms with Crippen molar-refractivity contribution in [2.45, 2.75) is 58.4 Å². The van der Waals surface area contributed by atoms with E-state index < -0.39 is 29.4 Å². The van der Waals surface area contributed by atoms with Crippen LogP contribution in [0.5, 0.6) is 0 Å². The number of hydrogen-bond donors (Lipinski definition) is 1. The first kappa shape index (κ1) is 14.8. The molecular formula is C12H21NO5. The van der Waals surface area contributed by atoms with E-state index >= 15 is 0 Å². The van der Waals surface area contributed by atoms with Gasteiger partial charge >= 0.3 is 12.1 Å². The van der Waals surface area contributed by atoms with Crippen molar-refractivity contribution >= 4 is 12.1 Å². The SMILES string of the molecule is CC(C)(C)OC(=O)N1C(CC(=O)O)COC1(C)C. The lowest BCUT2D eigenvalue weighted by molar-refractivity contribution is -0.138. The standard InChI is InChI=1S/C12H21NO5/c1-11(2,3)18-10(16)13-8(6-9(14)15)7-17-12(13,4)5/h8H,6-7H2,1-5H3,(H,14,15).